The van der Waals surface area contributed by atoms with Gasteiger partial charge in [0.25, 0.3) is 0 Å². The van der Waals surface area contributed by atoms with Gasteiger partial charge in [-0.2, -0.15) is 5.10 Å². The quantitative estimate of drug-likeness (QED) is 0.691. The lowest BCUT2D eigenvalue weighted by Crippen LogP contribution is -2.33. The lowest BCUT2D eigenvalue weighted by atomic mass is 10.1. The number of nitrogens with one attached hydrogen (secondary N) is 1. The van der Waals surface area contributed by atoms with Gasteiger partial charge < -0.3 is 5.32 Å². The van der Waals surface area contributed by atoms with Crippen molar-refractivity contribution in [3.05, 3.63) is 78.5 Å². The van der Waals surface area contributed by atoms with Crippen LogP contribution in [0.2, 0.25) is 0 Å². The van der Waals surface area contributed by atoms with Crippen molar-refractivity contribution < 1.29 is 4.79 Å². The highest BCUT2D eigenvalue weighted by Gasteiger charge is 2.22. The van der Waals surface area contributed by atoms with Crippen molar-refractivity contribution >= 4 is 5.91 Å². The standard InChI is InChI=1S/C23H26N4O/c28-23(18-27-14-12-22(25-27)21-9-5-2-6-10-21)24-15-20-11-13-26(17-20)16-19-7-3-1-4-8-19/h1-10,12,14,20H,11,13,15-18H2,(H,24,28). The number of benzene rings is 2. The monoisotopic (exact) mass is 374 g/mol. The molecule has 1 N–H and O–H groups in total. The molecule has 0 aliphatic carbocycles. The maximum absolute atomic E-state index is 12.3. The second kappa shape index (κ2) is 8.85. The van der Waals surface area contributed by atoms with Gasteiger partial charge in [0.1, 0.15) is 6.54 Å². The Morgan fingerprint density at radius 1 is 1.04 bits per heavy atom. The Bertz CT molecular complexity index is 891. The van der Waals surface area contributed by atoms with Crippen LogP contribution in [0.4, 0.5) is 0 Å². The second-order valence-electron chi connectivity index (χ2n) is 7.44. The zero-order valence-corrected chi connectivity index (χ0v) is 16.0. The van der Waals surface area contributed by atoms with E-state index in [4.69, 9.17) is 0 Å². The molecule has 0 radical (unpaired) electrons. The van der Waals surface area contributed by atoms with Crippen molar-refractivity contribution in [1.29, 1.82) is 0 Å². The van der Waals surface area contributed by atoms with Crippen LogP contribution in [-0.4, -0.2) is 40.2 Å². The largest absolute Gasteiger partial charge is 0.354 e. The Hall–Kier alpha value is -2.92. The van der Waals surface area contributed by atoms with E-state index in [0.29, 0.717) is 5.92 Å². The second-order valence-corrected chi connectivity index (χ2v) is 7.44. The summed E-state index contributed by atoms with van der Waals surface area (Å²) in [7, 11) is 0. The number of rotatable bonds is 7. The first-order chi connectivity index (χ1) is 13.8. The Morgan fingerprint density at radius 2 is 1.79 bits per heavy atom. The summed E-state index contributed by atoms with van der Waals surface area (Å²) in [4.78, 5) is 14.8. The van der Waals surface area contributed by atoms with E-state index >= 15 is 0 Å². The molecule has 28 heavy (non-hydrogen) atoms. The average molecular weight is 374 g/mol. The molecule has 1 atom stereocenters. The summed E-state index contributed by atoms with van der Waals surface area (Å²) in [5.74, 6) is 0.536. The minimum absolute atomic E-state index is 0.0178. The predicted octanol–water partition coefficient (Wildman–Crippen LogP) is 3.19. The van der Waals surface area contributed by atoms with Gasteiger partial charge in [0.15, 0.2) is 0 Å². The van der Waals surface area contributed by atoms with Crippen molar-refractivity contribution in [3.63, 3.8) is 0 Å². The van der Waals surface area contributed by atoms with Crippen LogP contribution >= 0.6 is 0 Å². The van der Waals surface area contributed by atoms with Gasteiger partial charge in [-0.05, 0) is 30.5 Å². The minimum atomic E-state index is 0.0178. The summed E-state index contributed by atoms with van der Waals surface area (Å²) in [5.41, 5.74) is 3.30. The minimum Gasteiger partial charge on any atom is -0.354 e. The summed E-state index contributed by atoms with van der Waals surface area (Å²) in [6.07, 6.45) is 2.99. The van der Waals surface area contributed by atoms with Gasteiger partial charge in [0, 0.05) is 31.4 Å². The molecule has 1 unspecified atom stereocenters. The van der Waals surface area contributed by atoms with Crippen LogP contribution in [0, 0.1) is 5.92 Å². The van der Waals surface area contributed by atoms with Crippen molar-refractivity contribution in [2.45, 2.75) is 19.5 Å². The Labute approximate surface area is 166 Å². The molecular weight excluding hydrogens is 348 g/mol. The smallest absolute Gasteiger partial charge is 0.241 e. The Kier molecular flexibility index (Phi) is 5.83. The van der Waals surface area contributed by atoms with Gasteiger partial charge in [-0.3, -0.25) is 14.4 Å². The van der Waals surface area contributed by atoms with Gasteiger partial charge in [0.2, 0.25) is 5.91 Å². The van der Waals surface area contributed by atoms with Crippen LogP contribution in [0.25, 0.3) is 11.3 Å². The zero-order valence-electron chi connectivity index (χ0n) is 16.0. The first-order valence-electron chi connectivity index (χ1n) is 9.88. The summed E-state index contributed by atoms with van der Waals surface area (Å²) < 4.78 is 1.70. The number of nitrogens with zero attached hydrogens (tertiary/aromatic N) is 3. The van der Waals surface area contributed by atoms with E-state index in [2.05, 4.69) is 39.6 Å². The van der Waals surface area contributed by atoms with E-state index in [0.717, 1.165) is 43.9 Å². The zero-order chi connectivity index (χ0) is 19.2. The molecule has 2 aromatic carbocycles. The Morgan fingerprint density at radius 3 is 2.57 bits per heavy atom. The fourth-order valence-corrected chi connectivity index (χ4v) is 3.74. The van der Waals surface area contributed by atoms with Crippen LogP contribution in [0.1, 0.15) is 12.0 Å². The normalized spacial score (nSPS) is 16.9. The molecular formula is C23H26N4O. The van der Waals surface area contributed by atoms with E-state index in [-0.39, 0.29) is 12.5 Å². The molecule has 1 aliphatic heterocycles. The molecule has 0 bridgehead atoms. The maximum Gasteiger partial charge on any atom is 0.241 e. The lowest BCUT2D eigenvalue weighted by molar-refractivity contribution is -0.122. The topological polar surface area (TPSA) is 50.2 Å². The summed E-state index contributed by atoms with van der Waals surface area (Å²) in [5, 5.41) is 7.59. The van der Waals surface area contributed by atoms with Gasteiger partial charge >= 0.3 is 0 Å². The lowest BCUT2D eigenvalue weighted by Gasteiger charge is -2.16. The van der Waals surface area contributed by atoms with E-state index in [1.165, 1.54) is 5.56 Å². The molecule has 4 rings (SSSR count). The van der Waals surface area contributed by atoms with Crippen LogP contribution in [0.3, 0.4) is 0 Å². The Balaban J connectivity index is 1.21. The van der Waals surface area contributed by atoms with Gasteiger partial charge in [0.05, 0.1) is 5.69 Å². The molecule has 5 nitrogen and oxygen atoms in total. The number of amides is 1. The molecule has 1 aliphatic rings. The first kappa shape index (κ1) is 18.4. The van der Waals surface area contributed by atoms with Crippen LogP contribution in [-0.2, 0) is 17.9 Å². The summed E-state index contributed by atoms with van der Waals surface area (Å²) in [6, 6.07) is 22.5. The number of carbonyl (C=O) groups excluding carboxylic acids is 1. The highest BCUT2D eigenvalue weighted by atomic mass is 16.2. The first-order valence-corrected chi connectivity index (χ1v) is 9.88. The van der Waals surface area contributed by atoms with E-state index in [9.17, 15) is 4.79 Å². The third kappa shape index (κ3) is 4.87. The third-order valence-corrected chi connectivity index (χ3v) is 5.22. The number of carbonyl (C=O) groups is 1. The number of hydrogen-bond donors (Lipinski definition) is 1. The van der Waals surface area contributed by atoms with E-state index < -0.39 is 0 Å². The van der Waals surface area contributed by atoms with Crippen LogP contribution < -0.4 is 5.32 Å². The molecule has 1 saturated heterocycles. The maximum atomic E-state index is 12.3. The SMILES string of the molecule is O=C(Cn1ccc(-c2ccccc2)n1)NCC1CCN(Cc2ccccc2)C1. The number of hydrogen-bond acceptors (Lipinski definition) is 3. The van der Waals surface area contributed by atoms with Crippen molar-refractivity contribution in [2.24, 2.45) is 5.92 Å². The molecule has 3 aromatic rings. The van der Waals surface area contributed by atoms with E-state index in [1.807, 2.05) is 48.7 Å². The highest BCUT2D eigenvalue weighted by molar-refractivity contribution is 5.75. The molecule has 5 heteroatoms. The molecule has 0 saturated carbocycles. The van der Waals surface area contributed by atoms with Crippen molar-refractivity contribution in [3.8, 4) is 11.3 Å². The van der Waals surface area contributed by atoms with Gasteiger partial charge in [-0.25, -0.2) is 0 Å². The van der Waals surface area contributed by atoms with Crippen LogP contribution in [0.5, 0.6) is 0 Å². The molecule has 1 fully saturated rings. The average Bonchev–Trinajstić information content (AvgIpc) is 3.37. The predicted molar refractivity (Wildman–Crippen MR) is 110 cm³/mol. The molecule has 2 heterocycles. The number of aromatic nitrogens is 2. The highest BCUT2D eigenvalue weighted by Crippen LogP contribution is 2.18. The fourth-order valence-electron chi connectivity index (χ4n) is 3.74. The molecule has 0 spiro atoms. The van der Waals surface area contributed by atoms with Gasteiger partial charge in [-0.1, -0.05) is 60.7 Å². The van der Waals surface area contributed by atoms with Crippen LogP contribution in [0.15, 0.2) is 72.9 Å². The summed E-state index contributed by atoms with van der Waals surface area (Å²) >= 11 is 0. The molecule has 1 amide bonds. The van der Waals surface area contributed by atoms with Gasteiger partial charge in [-0.15, -0.1) is 0 Å². The molecule has 1 aromatic heterocycles. The molecule has 144 valence electrons. The summed E-state index contributed by atoms with van der Waals surface area (Å²) in [6.45, 7) is 4.11. The number of likely N-dealkylation sites (tertiary alicyclic amines) is 1. The third-order valence-electron chi connectivity index (χ3n) is 5.22. The van der Waals surface area contributed by atoms with Crippen molar-refractivity contribution in [1.82, 2.24) is 20.0 Å². The fraction of sp³-hybridized carbons (Fsp3) is 0.304. The van der Waals surface area contributed by atoms with E-state index in [1.54, 1.807) is 4.68 Å². The van der Waals surface area contributed by atoms with Crippen molar-refractivity contribution in [2.75, 3.05) is 19.6 Å².